The maximum atomic E-state index is 12.8. The summed E-state index contributed by atoms with van der Waals surface area (Å²) in [5, 5.41) is 2.91. The summed E-state index contributed by atoms with van der Waals surface area (Å²) in [6, 6.07) is 7.15. The van der Waals surface area contributed by atoms with Crippen molar-refractivity contribution in [1.29, 1.82) is 0 Å². The lowest BCUT2D eigenvalue weighted by Gasteiger charge is -2.19. The third-order valence-electron chi connectivity index (χ3n) is 4.18. The first-order valence-corrected chi connectivity index (χ1v) is 10.4. The van der Waals surface area contributed by atoms with Crippen LogP contribution in [0.15, 0.2) is 35.2 Å². The molecule has 0 atom stereocenters. The molecule has 0 fully saturated rings. The second-order valence-corrected chi connectivity index (χ2v) is 8.47. The van der Waals surface area contributed by atoms with Gasteiger partial charge in [-0.25, -0.2) is 8.42 Å². The first-order valence-electron chi connectivity index (χ1n) is 8.57. The van der Waals surface area contributed by atoms with Gasteiger partial charge < -0.3 is 24.3 Å². The van der Waals surface area contributed by atoms with E-state index < -0.39 is 22.5 Å². The number of carbonyl (C=O) groups excluding carboxylic acids is 1. The van der Waals surface area contributed by atoms with E-state index >= 15 is 0 Å². The number of sulfonamides is 1. The molecule has 1 N–H and O–H groups in total. The number of hydrogen-bond donors (Lipinski definition) is 1. The fraction of sp³-hybridized carbons (Fsp3) is 0.316. The fourth-order valence-corrected chi connectivity index (χ4v) is 3.97. The lowest BCUT2D eigenvalue weighted by Crippen LogP contribution is -2.35. The molecule has 0 unspecified atom stereocenters. The Morgan fingerprint density at radius 3 is 2.10 bits per heavy atom. The molecule has 0 aliphatic carbocycles. The van der Waals surface area contributed by atoms with Crippen LogP contribution < -0.4 is 24.3 Å². The van der Waals surface area contributed by atoms with E-state index in [4.69, 9.17) is 30.5 Å². The average molecular weight is 459 g/mol. The number of hydrogen-bond acceptors (Lipinski definition) is 7. The van der Waals surface area contributed by atoms with Gasteiger partial charge in [-0.05, 0) is 12.1 Å². The number of nitrogens with one attached hydrogen (secondary N) is 1. The van der Waals surface area contributed by atoms with E-state index in [2.05, 4.69) is 5.32 Å². The van der Waals surface area contributed by atoms with Gasteiger partial charge in [0.05, 0.1) is 50.6 Å². The zero-order chi connectivity index (χ0) is 22.5. The van der Waals surface area contributed by atoms with E-state index in [1.807, 2.05) is 0 Å². The van der Waals surface area contributed by atoms with E-state index in [0.717, 1.165) is 4.31 Å². The van der Waals surface area contributed by atoms with Crippen LogP contribution in [-0.2, 0) is 14.8 Å². The smallest absolute Gasteiger partial charge is 0.243 e. The molecule has 11 heteroatoms. The molecule has 164 valence electrons. The Balaban J connectivity index is 2.21. The van der Waals surface area contributed by atoms with E-state index in [1.54, 1.807) is 0 Å². The summed E-state index contributed by atoms with van der Waals surface area (Å²) in [6.07, 6.45) is 0. The summed E-state index contributed by atoms with van der Waals surface area (Å²) in [5.74, 6) is 0.706. The molecule has 0 saturated carbocycles. The first kappa shape index (κ1) is 23.6. The van der Waals surface area contributed by atoms with Crippen molar-refractivity contribution in [3.63, 3.8) is 0 Å². The fourth-order valence-electron chi connectivity index (χ4n) is 2.59. The number of ether oxygens (including phenoxy) is 4. The number of likely N-dealkylation sites (N-methyl/N-ethyl adjacent to an activating group) is 1. The first-order chi connectivity index (χ1) is 14.2. The molecule has 0 aliphatic heterocycles. The molecule has 0 radical (unpaired) electrons. The van der Waals surface area contributed by atoms with Crippen LogP contribution >= 0.6 is 11.6 Å². The second kappa shape index (κ2) is 9.88. The number of halogens is 1. The van der Waals surface area contributed by atoms with Crippen LogP contribution in [0.25, 0.3) is 0 Å². The number of rotatable bonds is 9. The molecule has 0 saturated heterocycles. The van der Waals surface area contributed by atoms with Crippen LogP contribution in [0.4, 0.5) is 5.69 Å². The van der Waals surface area contributed by atoms with Crippen molar-refractivity contribution in [2.24, 2.45) is 0 Å². The topological polar surface area (TPSA) is 103 Å². The molecule has 1 amide bonds. The zero-order valence-corrected chi connectivity index (χ0v) is 18.8. The molecular weight excluding hydrogens is 436 g/mol. The lowest BCUT2D eigenvalue weighted by molar-refractivity contribution is -0.116. The monoisotopic (exact) mass is 458 g/mol. The number of nitrogens with zero attached hydrogens (tertiary/aromatic N) is 1. The molecule has 0 heterocycles. The van der Waals surface area contributed by atoms with Gasteiger partial charge in [0.2, 0.25) is 15.9 Å². The van der Waals surface area contributed by atoms with Gasteiger partial charge >= 0.3 is 0 Å². The average Bonchev–Trinajstić information content (AvgIpc) is 2.73. The number of carbonyl (C=O) groups is 1. The van der Waals surface area contributed by atoms with Crippen LogP contribution in [-0.4, -0.2) is 60.7 Å². The summed E-state index contributed by atoms with van der Waals surface area (Å²) < 4.78 is 47.2. The van der Waals surface area contributed by atoms with E-state index in [9.17, 15) is 13.2 Å². The van der Waals surface area contributed by atoms with Gasteiger partial charge in [0, 0.05) is 25.2 Å². The van der Waals surface area contributed by atoms with Gasteiger partial charge in [0.15, 0.2) is 11.5 Å². The van der Waals surface area contributed by atoms with Gasteiger partial charge in [-0.2, -0.15) is 4.31 Å². The SMILES string of the molecule is COc1cc(NC(=O)CN(C)S(=O)(=O)c2ccc(OC)c(OC)c2)c(OC)cc1Cl. The number of amides is 1. The highest BCUT2D eigenvalue weighted by Gasteiger charge is 2.25. The van der Waals surface area contributed by atoms with Crippen molar-refractivity contribution in [3.8, 4) is 23.0 Å². The molecule has 0 aromatic heterocycles. The molecule has 2 aromatic carbocycles. The van der Waals surface area contributed by atoms with Crippen molar-refractivity contribution < 1.29 is 32.2 Å². The minimum absolute atomic E-state index is 0.0406. The van der Waals surface area contributed by atoms with Crippen LogP contribution in [0.1, 0.15) is 0 Å². The molecule has 0 aliphatic rings. The molecule has 30 heavy (non-hydrogen) atoms. The minimum Gasteiger partial charge on any atom is -0.495 e. The van der Waals surface area contributed by atoms with Crippen molar-refractivity contribution >= 4 is 33.2 Å². The Morgan fingerprint density at radius 1 is 0.933 bits per heavy atom. The molecule has 0 spiro atoms. The van der Waals surface area contributed by atoms with Crippen molar-refractivity contribution in [2.45, 2.75) is 4.90 Å². The molecular formula is C19H23ClN2O7S. The second-order valence-electron chi connectivity index (χ2n) is 6.01. The third-order valence-corrected chi connectivity index (χ3v) is 6.27. The molecule has 2 aromatic rings. The Kier molecular flexibility index (Phi) is 7.77. The summed E-state index contributed by atoms with van der Waals surface area (Å²) in [6.45, 7) is -0.440. The Bertz CT molecular complexity index is 1030. The van der Waals surface area contributed by atoms with Crippen molar-refractivity contribution in [2.75, 3.05) is 47.3 Å². The van der Waals surface area contributed by atoms with Crippen LogP contribution in [0.3, 0.4) is 0 Å². The third kappa shape index (κ3) is 5.07. The summed E-state index contributed by atoms with van der Waals surface area (Å²) in [5.41, 5.74) is 0.292. The highest BCUT2D eigenvalue weighted by molar-refractivity contribution is 7.89. The highest BCUT2D eigenvalue weighted by Crippen LogP contribution is 2.36. The lowest BCUT2D eigenvalue weighted by atomic mass is 10.2. The maximum absolute atomic E-state index is 12.8. The summed E-state index contributed by atoms with van der Waals surface area (Å²) in [7, 11) is 3.04. The van der Waals surface area contributed by atoms with Gasteiger partial charge in [-0.3, -0.25) is 4.79 Å². The Hall–Kier alpha value is -2.69. The number of anilines is 1. The van der Waals surface area contributed by atoms with E-state index in [0.29, 0.717) is 28.0 Å². The molecule has 2 rings (SSSR count). The van der Waals surface area contributed by atoms with Crippen molar-refractivity contribution in [3.05, 3.63) is 35.4 Å². The van der Waals surface area contributed by atoms with Gasteiger partial charge in [0.1, 0.15) is 11.5 Å². The highest BCUT2D eigenvalue weighted by atomic mass is 35.5. The normalized spacial score (nSPS) is 11.2. The number of benzene rings is 2. The van der Waals surface area contributed by atoms with Gasteiger partial charge in [0.25, 0.3) is 0 Å². The standard InChI is InChI=1S/C19H23ClN2O7S/c1-22(30(24,25)12-6-7-15(26-2)18(8-12)29-5)11-19(23)21-14-10-16(27-3)13(20)9-17(14)28-4/h6-10H,11H2,1-5H3,(H,21,23). The predicted octanol–water partition coefficient (Wildman–Crippen LogP) is 2.63. The van der Waals surface area contributed by atoms with Gasteiger partial charge in [-0.15, -0.1) is 0 Å². The van der Waals surface area contributed by atoms with Crippen LogP contribution in [0.2, 0.25) is 5.02 Å². The van der Waals surface area contributed by atoms with Crippen LogP contribution in [0, 0.1) is 0 Å². The minimum atomic E-state index is -3.96. The van der Waals surface area contributed by atoms with Crippen molar-refractivity contribution in [1.82, 2.24) is 4.31 Å². The Labute approximate surface area is 180 Å². The van der Waals surface area contributed by atoms with Gasteiger partial charge in [-0.1, -0.05) is 11.6 Å². The van der Waals surface area contributed by atoms with E-state index in [-0.39, 0.29) is 10.6 Å². The predicted molar refractivity (Wildman–Crippen MR) is 113 cm³/mol. The maximum Gasteiger partial charge on any atom is 0.243 e. The summed E-state index contributed by atoms with van der Waals surface area (Å²) in [4.78, 5) is 12.4. The Morgan fingerprint density at radius 2 is 1.53 bits per heavy atom. The van der Waals surface area contributed by atoms with E-state index in [1.165, 1.54) is 65.8 Å². The summed E-state index contributed by atoms with van der Waals surface area (Å²) >= 11 is 6.05. The molecule has 0 bridgehead atoms. The number of methoxy groups -OCH3 is 4. The largest absolute Gasteiger partial charge is 0.495 e. The molecule has 9 nitrogen and oxygen atoms in total. The quantitative estimate of drug-likeness (QED) is 0.616. The van der Waals surface area contributed by atoms with Crippen LogP contribution in [0.5, 0.6) is 23.0 Å². The zero-order valence-electron chi connectivity index (χ0n) is 17.2.